The van der Waals surface area contributed by atoms with Gasteiger partial charge in [-0.15, -0.1) is 0 Å². The third-order valence-corrected chi connectivity index (χ3v) is 1.57. The molecule has 0 atom stereocenters. The van der Waals surface area contributed by atoms with Gasteiger partial charge in [-0.05, 0) is 17.7 Å². The number of hydrogen-bond acceptors (Lipinski definition) is 5. The number of furan rings is 1. The molecule has 0 aromatic carbocycles. The summed E-state index contributed by atoms with van der Waals surface area (Å²) in [6.07, 6.45) is 3.02. The predicted molar refractivity (Wildman–Crippen MR) is 47.0 cm³/mol. The topological polar surface area (TPSA) is 77.8 Å². The van der Waals surface area contributed by atoms with Gasteiger partial charge >= 0.3 is 0 Å². The van der Waals surface area contributed by atoms with Crippen LogP contribution in [0.1, 0.15) is 0 Å². The highest BCUT2D eigenvalue weighted by Gasteiger charge is 2.05. The Balaban J connectivity index is 2.53. The molecule has 0 aliphatic rings. The molecule has 0 radical (unpaired) electrons. The molecule has 0 spiro atoms. The van der Waals surface area contributed by atoms with Gasteiger partial charge in [-0.3, -0.25) is 0 Å². The Kier molecular flexibility index (Phi) is 1.86. The number of nitrogens with two attached hydrogens (primary N) is 1. The Bertz CT molecular complexity index is 394. The van der Waals surface area contributed by atoms with Gasteiger partial charge in [-0.2, -0.15) is 15.0 Å². The molecule has 0 amide bonds. The van der Waals surface area contributed by atoms with E-state index in [9.17, 15) is 0 Å². The summed E-state index contributed by atoms with van der Waals surface area (Å²) in [5.41, 5.74) is 6.11. The lowest BCUT2D eigenvalue weighted by Crippen LogP contribution is -1.99. The van der Waals surface area contributed by atoms with Gasteiger partial charge < -0.3 is 10.2 Å². The van der Waals surface area contributed by atoms with E-state index in [2.05, 4.69) is 15.0 Å². The second-order valence-corrected chi connectivity index (χ2v) is 2.64. The van der Waals surface area contributed by atoms with Crippen molar-refractivity contribution in [2.75, 3.05) is 5.73 Å². The van der Waals surface area contributed by atoms with Crippen molar-refractivity contribution in [1.29, 1.82) is 0 Å². The fourth-order valence-electron chi connectivity index (χ4n) is 0.886. The molecule has 13 heavy (non-hydrogen) atoms. The van der Waals surface area contributed by atoms with E-state index in [1.165, 1.54) is 12.5 Å². The third kappa shape index (κ3) is 1.59. The summed E-state index contributed by atoms with van der Waals surface area (Å²) in [5.74, 6) is 0.502. The van der Waals surface area contributed by atoms with Gasteiger partial charge in [0.1, 0.15) is 6.26 Å². The highest BCUT2D eigenvalue weighted by Crippen LogP contribution is 2.16. The van der Waals surface area contributed by atoms with Crippen LogP contribution in [0.2, 0.25) is 5.28 Å². The van der Waals surface area contributed by atoms with Gasteiger partial charge in [-0.1, -0.05) is 0 Å². The zero-order valence-electron chi connectivity index (χ0n) is 6.44. The summed E-state index contributed by atoms with van der Waals surface area (Å²) in [7, 11) is 0. The van der Waals surface area contributed by atoms with Crippen molar-refractivity contribution < 1.29 is 4.42 Å². The average molecular weight is 197 g/mol. The monoisotopic (exact) mass is 196 g/mol. The van der Waals surface area contributed by atoms with Crippen LogP contribution in [-0.2, 0) is 0 Å². The number of anilines is 1. The molecule has 6 heteroatoms. The van der Waals surface area contributed by atoms with Crippen LogP contribution in [0, 0.1) is 0 Å². The Morgan fingerprint density at radius 1 is 1.31 bits per heavy atom. The van der Waals surface area contributed by atoms with E-state index in [4.69, 9.17) is 21.8 Å². The third-order valence-electron chi connectivity index (χ3n) is 1.40. The first-order valence-corrected chi connectivity index (χ1v) is 3.83. The summed E-state index contributed by atoms with van der Waals surface area (Å²) in [4.78, 5) is 11.4. The fraction of sp³-hybridized carbons (Fsp3) is 0. The first-order valence-electron chi connectivity index (χ1n) is 3.45. The van der Waals surface area contributed by atoms with Crippen LogP contribution < -0.4 is 5.73 Å². The highest BCUT2D eigenvalue weighted by molar-refractivity contribution is 6.28. The molecule has 2 N–H and O–H groups in total. The first-order chi connectivity index (χ1) is 6.25. The summed E-state index contributed by atoms with van der Waals surface area (Å²) in [6, 6.07) is 1.71. The zero-order chi connectivity index (χ0) is 9.26. The lowest BCUT2D eigenvalue weighted by molar-refractivity contribution is 0.568. The Morgan fingerprint density at radius 2 is 2.15 bits per heavy atom. The van der Waals surface area contributed by atoms with Crippen LogP contribution in [0.4, 0.5) is 5.95 Å². The zero-order valence-corrected chi connectivity index (χ0v) is 7.19. The molecule has 2 aromatic rings. The second-order valence-electron chi connectivity index (χ2n) is 2.30. The van der Waals surface area contributed by atoms with Gasteiger partial charge in [0.15, 0.2) is 5.82 Å². The first kappa shape index (κ1) is 8.00. The van der Waals surface area contributed by atoms with Crippen molar-refractivity contribution in [2.24, 2.45) is 0 Å². The van der Waals surface area contributed by atoms with Crippen LogP contribution in [0.15, 0.2) is 23.0 Å². The molecular weight excluding hydrogens is 192 g/mol. The van der Waals surface area contributed by atoms with E-state index < -0.39 is 0 Å². The number of halogens is 1. The number of nitrogens with zero attached hydrogens (tertiary/aromatic N) is 3. The number of nitrogen functional groups attached to an aromatic ring is 1. The molecule has 66 valence electrons. The Morgan fingerprint density at radius 3 is 2.77 bits per heavy atom. The van der Waals surface area contributed by atoms with Crippen molar-refractivity contribution in [1.82, 2.24) is 15.0 Å². The van der Waals surface area contributed by atoms with Crippen molar-refractivity contribution in [3.8, 4) is 11.4 Å². The van der Waals surface area contributed by atoms with E-state index in [0.717, 1.165) is 5.56 Å². The average Bonchev–Trinajstić information content (AvgIpc) is 2.53. The SMILES string of the molecule is Nc1nc(Cl)nc(-c2ccoc2)n1. The van der Waals surface area contributed by atoms with Crippen molar-refractivity contribution in [2.45, 2.75) is 0 Å². The molecule has 0 aliphatic carbocycles. The lowest BCUT2D eigenvalue weighted by Gasteiger charge is -1.96. The van der Waals surface area contributed by atoms with E-state index in [1.807, 2.05) is 0 Å². The van der Waals surface area contributed by atoms with Gasteiger partial charge in [0, 0.05) is 0 Å². The summed E-state index contributed by atoms with van der Waals surface area (Å²) in [6.45, 7) is 0. The molecule has 0 saturated carbocycles. The van der Waals surface area contributed by atoms with Crippen LogP contribution in [-0.4, -0.2) is 15.0 Å². The van der Waals surface area contributed by atoms with Crippen LogP contribution in [0.3, 0.4) is 0 Å². The number of rotatable bonds is 1. The van der Waals surface area contributed by atoms with Crippen LogP contribution in [0.5, 0.6) is 0 Å². The molecular formula is C7H5ClN4O. The molecule has 5 nitrogen and oxygen atoms in total. The molecule has 0 unspecified atom stereocenters. The van der Waals surface area contributed by atoms with Crippen LogP contribution >= 0.6 is 11.6 Å². The minimum atomic E-state index is 0.0729. The molecule has 0 bridgehead atoms. The maximum absolute atomic E-state index is 5.59. The van der Waals surface area contributed by atoms with Crippen molar-refractivity contribution >= 4 is 17.5 Å². The van der Waals surface area contributed by atoms with Gasteiger partial charge in [-0.25, -0.2) is 0 Å². The standard InChI is InChI=1S/C7H5ClN4O/c8-6-10-5(11-7(9)12-6)4-1-2-13-3-4/h1-3H,(H2,9,10,11,12). The Hall–Kier alpha value is -1.62. The lowest BCUT2D eigenvalue weighted by atomic mass is 10.3. The quantitative estimate of drug-likeness (QED) is 0.745. The van der Waals surface area contributed by atoms with E-state index in [0.29, 0.717) is 5.82 Å². The number of aromatic nitrogens is 3. The van der Waals surface area contributed by atoms with Gasteiger partial charge in [0.05, 0.1) is 11.8 Å². The molecule has 0 aliphatic heterocycles. The highest BCUT2D eigenvalue weighted by atomic mass is 35.5. The van der Waals surface area contributed by atoms with Crippen molar-refractivity contribution in [3.63, 3.8) is 0 Å². The molecule has 2 aromatic heterocycles. The van der Waals surface area contributed by atoms with Gasteiger partial charge in [0.2, 0.25) is 11.2 Å². The summed E-state index contributed by atoms with van der Waals surface area (Å²) < 4.78 is 4.86. The summed E-state index contributed by atoms with van der Waals surface area (Å²) in [5, 5.41) is 0.0729. The van der Waals surface area contributed by atoms with E-state index >= 15 is 0 Å². The van der Waals surface area contributed by atoms with Crippen molar-refractivity contribution in [3.05, 3.63) is 23.9 Å². The van der Waals surface area contributed by atoms with Gasteiger partial charge in [0.25, 0.3) is 0 Å². The van der Waals surface area contributed by atoms with E-state index in [1.54, 1.807) is 6.07 Å². The maximum atomic E-state index is 5.59. The molecule has 0 fully saturated rings. The van der Waals surface area contributed by atoms with E-state index in [-0.39, 0.29) is 11.2 Å². The summed E-state index contributed by atoms with van der Waals surface area (Å²) >= 11 is 5.59. The second kappa shape index (κ2) is 3.02. The predicted octanol–water partition coefficient (Wildman–Crippen LogP) is 1.37. The van der Waals surface area contributed by atoms with Crippen LogP contribution in [0.25, 0.3) is 11.4 Å². The molecule has 0 saturated heterocycles. The fourth-order valence-corrected chi connectivity index (χ4v) is 1.05. The normalized spacial score (nSPS) is 10.2. The minimum Gasteiger partial charge on any atom is -0.472 e. The largest absolute Gasteiger partial charge is 0.472 e. The Labute approximate surface area is 78.6 Å². The smallest absolute Gasteiger partial charge is 0.227 e. The molecule has 2 heterocycles. The molecule has 2 rings (SSSR count). The number of hydrogen-bond donors (Lipinski definition) is 1. The maximum Gasteiger partial charge on any atom is 0.227 e. The minimum absolute atomic E-state index is 0.0729.